The number of benzene rings is 3. The van der Waals surface area contributed by atoms with Crippen LogP contribution in [0.25, 0.3) is 10.9 Å². The zero-order chi connectivity index (χ0) is 22.1. The molecule has 4 aromatic rings. The molecule has 158 valence electrons. The number of carbonyl (C=O) groups is 1. The molecule has 3 aromatic carbocycles. The number of carboxylic acid groups (broad SMARTS) is 1. The van der Waals surface area contributed by atoms with Crippen LogP contribution in [0.5, 0.6) is 0 Å². The summed E-state index contributed by atoms with van der Waals surface area (Å²) < 4.78 is 6.94. The van der Waals surface area contributed by atoms with Crippen LogP contribution in [0.3, 0.4) is 0 Å². The molecule has 0 unspecified atom stereocenters. The van der Waals surface area contributed by atoms with Crippen LogP contribution in [-0.4, -0.2) is 24.4 Å². The van der Waals surface area contributed by atoms with Gasteiger partial charge in [0.1, 0.15) is 0 Å². The average Bonchev–Trinajstić information content (AvgIpc) is 3.17. The van der Waals surface area contributed by atoms with Gasteiger partial charge in [-0.3, -0.25) is 0 Å². The van der Waals surface area contributed by atoms with Crippen molar-refractivity contribution >= 4 is 35.6 Å². The summed E-state index contributed by atoms with van der Waals surface area (Å²) >= 11 is 0. The van der Waals surface area contributed by atoms with Crippen molar-refractivity contribution in [3.05, 3.63) is 96.2 Å². The fourth-order valence-corrected chi connectivity index (χ4v) is 8.95. The van der Waals surface area contributed by atoms with Crippen molar-refractivity contribution in [1.82, 2.24) is 4.98 Å². The predicted octanol–water partition coefficient (Wildman–Crippen LogP) is 4.94. The van der Waals surface area contributed by atoms with E-state index in [-0.39, 0.29) is 5.04 Å². The lowest BCUT2D eigenvalue weighted by molar-refractivity contribution is 0.0699. The van der Waals surface area contributed by atoms with Crippen molar-refractivity contribution in [2.45, 2.75) is 32.4 Å². The Bertz CT molecular complexity index is 1150. The van der Waals surface area contributed by atoms with Crippen LogP contribution in [-0.2, 0) is 11.0 Å². The monoisotopic (exact) mass is 429 g/mol. The second-order valence-corrected chi connectivity index (χ2v) is 13.1. The highest BCUT2D eigenvalue weighted by molar-refractivity contribution is 6.99. The van der Waals surface area contributed by atoms with Crippen molar-refractivity contribution in [1.29, 1.82) is 0 Å². The molecule has 2 N–H and O–H groups in total. The normalized spacial score (nSPS) is 12.2. The summed E-state index contributed by atoms with van der Waals surface area (Å²) in [6.45, 7) is 7.11. The number of hydrogen-bond acceptors (Lipinski definition) is 2. The molecule has 0 atom stereocenters. The van der Waals surface area contributed by atoms with Crippen molar-refractivity contribution in [2.24, 2.45) is 0 Å². The smallest absolute Gasteiger partial charge is 0.336 e. The van der Waals surface area contributed by atoms with Gasteiger partial charge >= 0.3 is 5.97 Å². The molecule has 0 spiro atoms. The summed E-state index contributed by atoms with van der Waals surface area (Å²) in [5, 5.41) is 12.5. The fourth-order valence-electron chi connectivity index (χ4n) is 4.42. The van der Waals surface area contributed by atoms with Crippen LogP contribution in [0.15, 0.2) is 84.9 Å². The molecule has 0 saturated heterocycles. The zero-order valence-corrected chi connectivity index (χ0v) is 19.1. The maximum Gasteiger partial charge on any atom is 0.336 e. The Kier molecular flexibility index (Phi) is 5.56. The molecule has 0 amide bonds. The van der Waals surface area contributed by atoms with E-state index >= 15 is 0 Å². The standard InChI is InChI=1S/C26H27NO3Si/c1-26(2,3)31(20-11-6-4-7-12-20,21-13-8-5-9-14-21)30-18-19-17-23-22(25(28)29)15-10-16-24(23)27-19/h4-17,27H,18H2,1-3H3,(H,28,29). The number of aromatic nitrogens is 1. The van der Waals surface area contributed by atoms with Gasteiger partial charge in [0, 0.05) is 16.6 Å². The molecule has 0 aliphatic rings. The summed E-state index contributed by atoms with van der Waals surface area (Å²) in [7, 11) is -2.65. The number of H-pyrrole nitrogens is 1. The van der Waals surface area contributed by atoms with E-state index in [1.54, 1.807) is 12.1 Å². The predicted molar refractivity (Wildman–Crippen MR) is 128 cm³/mol. The lowest BCUT2D eigenvalue weighted by atomic mass is 10.1. The van der Waals surface area contributed by atoms with Crippen molar-refractivity contribution in [3.8, 4) is 0 Å². The molecule has 4 rings (SSSR count). The second-order valence-electron chi connectivity index (χ2n) is 8.82. The Balaban J connectivity index is 1.80. The van der Waals surface area contributed by atoms with E-state index in [4.69, 9.17) is 4.43 Å². The van der Waals surface area contributed by atoms with E-state index in [0.717, 1.165) is 11.2 Å². The van der Waals surface area contributed by atoms with Crippen molar-refractivity contribution in [2.75, 3.05) is 0 Å². The maximum atomic E-state index is 11.6. The third-order valence-electron chi connectivity index (χ3n) is 5.81. The van der Waals surface area contributed by atoms with E-state index in [9.17, 15) is 9.90 Å². The van der Waals surface area contributed by atoms with Gasteiger partial charge in [-0.15, -0.1) is 0 Å². The zero-order valence-electron chi connectivity index (χ0n) is 18.1. The Morgan fingerprint density at radius 1 is 0.903 bits per heavy atom. The maximum absolute atomic E-state index is 11.6. The summed E-state index contributed by atoms with van der Waals surface area (Å²) in [5.41, 5.74) is 1.98. The van der Waals surface area contributed by atoms with Crippen LogP contribution in [0.4, 0.5) is 0 Å². The van der Waals surface area contributed by atoms with E-state index in [1.165, 1.54) is 10.4 Å². The largest absolute Gasteiger partial charge is 0.478 e. The number of hydrogen-bond donors (Lipinski definition) is 2. The van der Waals surface area contributed by atoms with E-state index < -0.39 is 14.3 Å². The first-order chi connectivity index (χ1) is 14.8. The van der Waals surface area contributed by atoms with Crippen LogP contribution in [0, 0.1) is 0 Å². The topological polar surface area (TPSA) is 62.3 Å². The third-order valence-corrected chi connectivity index (χ3v) is 10.8. The van der Waals surface area contributed by atoms with Gasteiger partial charge in [-0.2, -0.15) is 0 Å². The lowest BCUT2D eigenvalue weighted by Gasteiger charge is -2.43. The molecule has 0 aliphatic carbocycles. The second kappa shape index (κ2) is 8.17. The summed E-state index contributed by atoms with van der Waals surface area (Å²) in [4.78, 5) is 15.0. The van der Waals surface area contributed by atoms with Gasteiger partial charge in [0.05, 0.1) is 12.2 Å². The molecule has 4 nitrogen and oxygen atoms in total. The number of fused-ring (bicyclic) bond motifs is 1. The van der Waals surface area contributed by atoms with E-state index in [0.29, 0.717) is 17.6 Å². The third kappa shape index (κ3) is 3.82. The Morgan fingerprint density at radius 2 is 1.48 bits per heavy atom. The number of nitrogens with one attached hydrogen (secondary N) is 1. The quantitative estimate of drug-likeness (QED) is 0.427. The van der Waals surface area contributed by atoms with Crippen LogP contribution in [0.1, 0.15) is 36.8 Å². The Morgan fingerprint density at radius 3 is 2.00 bits per heavy atom. The van der Waals surface area contributed by atoms with Crippen LogP contribution < -0.4 is 10.4 Å². The molecule has 1 heterocycles. The lowest BCUT2D eigenvalue weighted by Crippen LogP contribution is -2.66. The summed E-state index contributed by atoms with van der Waals surface area (Å²) in [5.74, 6) is -0.927. The molecule has 0 saturated carbocycles. The number of aromatic amines is 1. The minimum atomic E-state index is -2.65. The number of rotatable bonds is 6. The summed E-state index contributed by atoms with van der Waals surface area (Å²) in [6, 6.07) is 28.2. The van der Waals surface area contributed by atoms with Gasteiger partial charge in [0.2, 0.25) is 0 Å². The van der Waals surface area contributed by atoms with Gasteiger partial charge in [0.15, 0.2) is 0 Å². The Labute approximate surface area is 183 Å². The molecular formula is C26H27NO3Si. The minimum absolute atomic E-state index is 0.117. The molecule has 0 radical (unpaired) electrons. The average molecular weight is 430 g/mol. The van der Waals surface area contributed by atoms with E-state index in [2.05, 4.69) is 74.3 Å². The highest BCUT2D eigenvalue weighted by Gasteiger charge is 2.50. The molecule has 0 fully saturated rings. The van der Waals surface area contributed by atoms with Crippen molar-refractivity contribution < 1.29 is 14.3 Å². The van der Waals surface area contributed by atoms with Gasteiger partial charge in [-0.05, 0) is 33.6 Å². The van der Waals surface area contributed by atoms with Gasteiger partial charge < -0.3 is 14.5 Å². The SMILES string of the molecule is CC(C)(C)[Si](OCc1cc2c(C(=O)O)cccc2[nH]1)(c1ccccc1)c1ccccc1. The first-order valence-corrected chi connectivity index (χ1v) is 12.3. The van der Waals surface area contributed by atoms with E-state index in [1.807, 2.05) is 24.3 Å². The van der Waals surface area contributed by atoms with Gasteiger partial charge in [-0.1, -0.05) is 87.5 Å². The Hall–Kier alpha value is -3.15. The fraction of sp³-hybridized carbons (Fsp3) is 0.192. The first kappa shape index (κ1) is 21.1. The molecule has 31 heavy (non-hydrogen) atoms. The van der Waals surface area contributed by atoms with Gasteiger partial charge in [-0.25, -0.2) is 4.79 Å². The van der Waals surface area contributed by atoms with Crippen LogP contribution in [0.2, 0.25) is 5.04 Å². The number of aromatic carboxylic acids is 1. The van der Waals surface area contributed by atoms with Crippen molar-refractivity contribution in [3.63, 3.8) is 0 Å². The first-order valence-electron chi connectivity index (χ1n) is 10.4. The number of carboxylic acids is 1. The molecule has 5 heteroatoms. The highest BCUT2D eigenvalue weighted by atomic mass is 28.4. The minimum Gasteiger partial charge on any atom is -0.478 e. The molecule has 1 aromatic heterocycles. The molecule has 0 bridgehead atoms. The summed E-state index contributed by atoms with van der Waals surface area (Å²) in [6.07, 6.45) is 0. The van der Waals surface area contributed by atoms with Gasteiger partial charge in [0.25, 0.3) is 8.32 Å². The molecular weight excluding hydrogens is 402 g/mol. The molecule has 0 aliphatic heterocycles. The highest BCUT2D eigenvalue weighted by Crippen LogP contribution is 2.37. The van der Waals surface area contributed by atoms with Crippen LogP contribution >= 0.6 is 0 Å².